The van der Waals surface area contributed by atoms with Crippen LogP contribution in [0, 0.1) is 0 Å². The van der Waals surface area contributed by atoms with E-state index in [4.69, 9.17) is 23.2 Å². The molecule has 0 aliphatic rings. The lowest BCUT2D eigenvalue weighted by molar-refractivity contribution is 0.657. The van der Waals surface area contributed by atoms with Gasteiger partial charge in [0.2, 0.25) is 0 Å². The van der Waals surface area contributed by atoms with Gasteiger partial charge in [-0.2, -0.15) is 0 Å². The molecule has 0 radical (unpaired) electrons. The highest BCUT2D eigenvalue weighted by molar-refractivity contribution is 6.42. The molecule has 0 saturated heterocycles. The number of nitrogens with one attached hydrogen (secondary N) is 1. The van der Waals surface area contributed by atoms with Crippen LogP contribution < -0.4 is 5.32 Å². The quantitative estimate of drug-likeness (QED) is 0.879. The van der Waals surface area contributed by atoms with Gasteiger partial charge in [0.05, 0.1) is 10.0 Å². The highest BCUT2D eigenvalue weighted by atomic mass is 35.5. The highest BCUT2D eigenvalue weighted by Gasteiger charge is 2.03. The molecule has 1 N–H and O–H groups in total. The van der Waals surface area contributed by atoms with Crippen molar-refractivity contribution in [3.8, 4) is 0 Å². The molecule has 18 heavy (non-hydrogen) atoms. The van der Waals surface area contributed by atoms with Crippen LogP contribution in [0.4, 0.5) is 0 Å². The van der Waals surface area contributed by atoms with E-state index < -0.39 is 0 Å². The lowest BCUT2D eigenvalue weighted by atomic mass is 10.2. The maximum Gasteiger partial charge on any atom is 0.0595 e. The monoisotopic (exact) mass is 282 g/mol. The molecule has 0 saturated carbocycles. The van der Waals surface area contributed by atoms with E-state index in [1.54, 1.807) is 0 Å². The fourth-order valence-corrected chi connectivity index (χ4v) is 2.17. The molecular formula is C14H16Cl2N2. The Morgan fingerprint density at radius 1 is 1.17 bits per heavy atom. The zero-order chi connectivity index (χ0) is 13.0. The van der Waals surface area contributed by atoms with E-state index in [1.165, 1.54) is 5.69 Å². The Kier molecular flexibility index (Phi) is 4.70. The molecule has 96 valence electrons. The molecule has 0 amide bonds. The predicted molar refractivity (Wildman–Crippen MR) is 77.4 cm³/mol. The standard InChI is InChI=1S/C14H16Cl2N2/c1-2-17-9-12-4-3-7-18(12)10-11-5-6-13(15)14(16)8-11/h3-8,17H,2,9-10H2,1H3. The number of halogens is 2. The first-order chi connectivity index (χ1) is 8.70. The summed E-state index contributed by atoms with van der Waals surface area (Å²) in [6, 6.07) is 9.95. The summed E-state index contributed by atoms with van der Waals surface area (Å²) in [6.45, 7) is 4.76. The lowest BCUT2D eigenvalue weighted by Crippen LogP contribution is -2.15. The molecule has 1 aromatic carbocycles. The second-order valence-electron chi connectivity index (χ2n) is 4.16. The fourth-order valence-electron chi connectivity index (χ4n) is 1.85. The van der Waals surface area contributed by atoms with Crippen LogP contribution in [0.15, 0.2) is 36.5 Å². The van der Waals surface area contributed by atoms with Crippen molar-refractivity contribution < 1.29 is 0 Å². The van der Waals surface area contributed by atoms with Crippen molar-refractivity contribution in [3.63, 3.8) is 0 Å². The van der Waals surface area contributed by atoms with Gasteiger partial charge in [-0.3, -0.25) is 0 Å². The summed E-state index contributed by atoms with van der Waals surface area (Å²) in [7, 11) is 0. The van der Waals surface area contributed by atoms with Crippen molar-refractivity contribution in [2.75, 3.05) is 6.54 Å². The third kappa shape index (κ3) is 3.29. The molecule has 0 aliphatic carbocycles. The summed E-state index contributed by atoms with van der Waals surface area (Å²) >= 11 is 11.9. The van der Waals surface area contributed by atoms with E-state index in [-0.39, 0.29) is 0 Å². The molecule has 0 spiro atoms. The van der Waals surface area contributed by atoms with Gasteiger partial charge in [-0.1, -0.05) is 36.2 Å². The van der Waals surface area contributed by atoms with Crippen LogP contribution in [0.1, 0.15) is 18.2 Å². The highest BCUT2D eigenvalue weighted by Crippen LogP contribution is 2.23. The Morgan fingerprint density at radius 2 is 2.00 bits per heavy atom. The van der Waals surface area contributed by atoms with Crippen molar-refractivity contribution >= 4 is 23.2 Å². The van der Waals surface area contributed by atoms with Gasteiger partial charge in [0, 0.05) is 25.0 Å². The molecule has 1 aromatic heterocycles. The maximum atomic E-state index is 6.02. The Morgan fingerprint density at radius 3 is 2.72 bits per heavy atom. The number of hydrogen-bond donors (Lipinski definition) is 1. The molecule has 0 unspecified atom stereocenters. The van der Waals surface area contributed by atoms with Gasteiger partial charge in [0.15, 0.2) is 0 Å². The Hall–Kier alpha value is -0.960. The third-order valence-corrected chi connectivity index (χ3v) is 3.56. The Labute approximate surface area is 118 Å². The number of aromatic nitrogens is 1. The van der Waals surface area contributed by atoms with Gasteiger partial charge in [-0.05, 0) is 36.4 Å². The van der Waals surface area contributed by atoms with E-state index in [0.717, 1.165) is 25.2 Å². The summed E-state index contributed by atoms with van der Waals surface area (Å²) in [5, 5.41) is 4.53. The van der Waals surface area contributed by atoms with E-state index in [9.17, 15) is 0 Å². The van der Waals surface area contributed by atoms with Crippen LogP contribution in [-0.2, 0) is 13.1 Å². The predicted octanol–water partition coefficient (Wildman–Crippen LogP) is 3.95. The topological polar surface area (TPSA) is 17.0 Å². The Bertz CT molecular complexity index is 520. The zero-order valence-corrected chi connectivity index (χ0v) is 11.8. The number of nitrogens with zero attached hydrogens (tertiary/aromatic N) is 1. The largest absolute Gasteiger partial charge is 0.346 e. The molecule has 2 rings (SSSR count). The summed E-state index contributed by atoms with van der Waals surface area (Å²) in [4.78, 5) is 0. The molecule has 0 aliphatic heterocycles. The Balaban J connectivity index is 2.13. The molecule has 2 aromatic rings. The van der Waals surface area contributed by atoms with Crippen LogP contribution in [0.3, 0.4) is 0 Å². The number of rotatable bonds is 5. The fraction of sp³-hybridized carbons (Fsp3) is 0.286. The van der Waals surface area contributed by atoms with Crippen LogP contribution >= 0.6 is 23.2 Å². The smallest absolute Gasteiger partial charge is 0.0595 e. The van der Waals surface area contributed by atoms with E-state index >= 15 is 0 Å². The minimum atomic E-state index is 0.598. The first-order valence-electron chi connectivity index (χ1n) is 5.99. The summed E-state index contributed by atoms with van der Waals surface area (Å²) in [5.41, 5.74) is 2.42. The van der Waals surface area contributed by atoms with Gasteiger partial charge in [-0.15, -0.1) is 0 Å². The van der Waals surface area contributed by atoms with Crippen LogP contribution in [0.25, 0.3) is 0 Å². The number of benzene rings is 1. The average molecular weight is 283 g/mol. The minimum absolute atomic E-state index is 0.598. The maximum absolute atomic E-state index is 6.02. The summed E-state index contributed by atoms with van der Waals surface area (Å²) < 4.78 is 2.21. The first-order valence-corrected chi connectivity index (χ1v) is 6.75. The second-order valence-corrected chi connectivity index (χ2v) is 4.97. The summed E-state index contributed by atoms with van der Waals surface area (Å²) in [5.74, 6) is 0. The molecule has 1 heterocycles. The van der Waals surface area contributed by atoms with Crippen molar-refractivity contribution in [1.82, 2.24) is 9.88 Å². The molecular weight excluding hydrogens is 267 g/mol. The van der Waals surface area contributed by atoms with E-state index in [2.05, 4.69) is 35.1 Å². The van der Waals surface area contributed by atoms with Gasteiger partial charge in [0.1, 0.15) is 0 Å². The molecule has 0 fully saturated rings. The molecule has 4 heteroatoms. The second kappa shape index (κ2) is 6.28. The lowest BCUT2D eigenvalue weighted by Gasteiger charge is -2.10. The zero-order valence-electron chi connectivity index (χ0n) is 10.3. The van der Waals surface area contributed by atoms with Crippen molar-refractivity contribution in [2.24, 2.45) is 0 Å². The number of hydrogen-bond acceptors (Lipinski definition) is 1. The van der Waals surface area contributed by atoms with Crippen molar-refractivity contribution in [3.05, 3.63) is 57.8 Å². The van der Waals surface area contributed by atoms with Gasteiger partial charge in [0.25, 0.3) is 0 Å². The minimum Gasteiger partial charge on any atom is -0.346 e. The van der Waals surface area contributed by atoms with Crippen molar-refractivity contribution in [2.45, 2.75) is 20.0 Å². The summed E-state index contributed by atoms with van der Waals surface area (Å²) in [6.07, 6.45) is 2.08. The van der Waals surface area contributed by atoms with Gasteiger partial charge >= 0.3 is 0 Å². The van der Waals surface area contributed by atoms with Crippen LogP contribution in [0.2, 0.25) is 10.0 Å². The third-order valence-electron chi connectivity index (χ3n) is 2.82. The van der Waals surface area contributed by atoms with E-state index in [0.29, 0.717) is 10.0 Å². The first kappa shape index (κ1) is 13.5. The van der Waals surface area contributed by atoms with Gasteiger partial charge < -0.3 is 9.88 Å². The van der Waals surface area contributed by atoms with E-state index in [1.807, 2.05) is 18.2 Å². The normalized spacial score (nSPS) is 10.8. The average Bonchev–Trinajstić information content (AvgIpc) is 2.79. The van der Waals surface area contributed by atoms with Gasteiger partial charge in [-0.25, -0.2) is 0 Å². The SMILES string of the molecule is CCNCc1cccn1Cc1ccc(Cl)c(Cl)c1. The molecule has 2 nitrogen and oxygen atoms in total. The van der Waals surface area contributed by atoms with Crippen molar-refractivity contribution in [1.29, 1.82) is 0 Å². The van der Waals surface area contributed by atoms with Crippen LogP contribution in [0.5, 0.6) is 0 Å². The van der Waals surface area contributed by atoms with Crippen LogP contribution in [-0.4, -0.2) is 11.1 Å². The molecule has 0 atom stereocenters. The molecule has 0 bridgehead atoms.